The second-order valence-electron chi connectivity index (χ2n) is 7.86. The fraction of sp³-hybridized carbons (Fsp3) is 0.148. The fourth-order valence-corrected chi connectivity index (χ4v) is 3.79. The molecule has 182 valence electrons. The summed E-state index contributed by atoms with van der Waals surface area (Å²) < 4.78 is 10.4. The molecule has 4 aromatic rings. The van der Waals surface area contributed by atoms with Crippen LogP contribution in [0.25, 0.3) is 0 Å². The van der Waals surface area contributed by atoms with Crippen molar-refractivity contribution in [3.8, 4) is 11.5 Å². The molecule has 4 rings (SSSR count). The van der Waals surface area contributed by atoms with E-state index in [1.165, 1.54) is 26.4 Å². The van der Waals surface area contributed by atoms with Gasteiger partial charge in [0.1, 0.15) is 5.56 Å². The Balaban J connectivity index is 1.65. The second-order valence-corrected chi connectivity index (χ2v) is 7.86. The summed E-state index contributed by atoms with van der Waals surface area (Å²) in [6, 6.07) is 20.9. The van der Waals surface area contributed by atoms with E-state index in [4.69, 9.17) is 9.47 Å². The zero-order valence-corrected chi connectivity index (χ0v) is 19.8. The zero-order chi connectivity index (χ0) is 25.5. The minimum atomic E-state index is -0.606. The number of ether oxygens (including phenoxy) is 2. The topological polar surface area (TPSA) is 108 Å². The second kappa shape index (κ2) is 11.1. The number of ketones is 1. The molecule has 9 nitrogen and oxygen atoms in total. The van der Waals surface area contributed by atoms with Crippen LogP contribution in [0.2, 0.25) is 0 Å². The number of methoxy groups -OCH3 is 2. The molecule has 0 aliphatic carbocycles. The predicted molar refractivity (Wildman–Crippen MR) is 134 cm³/mol. The number of hydrogen-bond donors (Lipinski definition) is 0. The molecule has 0 aliphatic rings. The van der Waals surface area contributed by atoms with Crippen LogP contribution in [0.1, 0.15) is 27.3 Å². The van der Waals surface area contributed by atoms with Gasteiger partial charge in [-0.2, -0.15) is 0 Å². The molecule has 0 amide bonds. The van der Waals surface area contributed by atoms with E-state index in [1.54, 1.807) is 24.5 Å². The maximum Gasteiger partial charge on any atom is 0.284 e. The lowest BCUT2D eigenvalue weighted by atomic mass is 10.0. The van der Waals surface area contributed by atoms with E-state index in [2.05, 4.69) is 14.9 Å². The number of benzene rings is 2. The smallest absolute Gasteiger partial charge is 0.284 e. The Morgan fingerprint density at radius 2 is 1.42 bits per heavy atom. The Bertz CT molecular complexity index is 1300. The molecule has 0 unspecified atom stereocenters. The van der Waals surface area contributed by atoms with Crippen molar-refractivity contribution in [2.24, 2.45) is 0 Å². The number of pyridine rings is 2. The highest BCUT2D eigenvalue weighted by molar-refractivity contribution is 6.12. The van der Waals surface area contributed by atoms with E-state index in [-0.39, 0.29) is 22.7 Å². The standard InChI is InChI=1S/C27H24N4O5/c1-35-25-15-23(24(31(33)34)16-26(25)36-2)27(32)19-9-11-22(12-10-19)30(17-20-7-3-5-13-28-20)18-21-8-4-6-14-29-21/h3-16H,17-18H2,1-2H3. The summed E-state index contributed by atoms with van der Waals surface area (Å²) in [7, 11) is 2.79. The van der Waals surface area contributed by atoms with Crippen LogP contribution in [0.15, 0.2) is 85.2 Å². The van der Waals surface area contributed by atoms with Crippen molar-refractivity contribution < 1.29 is 19.2 Å². The van der Waals surface area contributed by atoms with E-state index >= 15 is 0 Å². The van der Waals surface area contributed by atoms with E-state index < -0.39 is 10.7 Å². The third-order valence-corrected chi connectivity index (χ3v) is 5.60. The van der Waals surface area contributed by atoms with Crippen molar-refractivity contribution in [3.63, 3.8) is 0 Å². The lowest BCUT2D eigenvalue weighted by Crippen LogP contribution is -2.23. The van der Waals surface area contributed by atoms with E-state index in [0.717, 1.165) is 17.1 Å². The van der Waals surface area contributed by atoms with Crippen LogP contribution >= 0.6 is 0 Å². The molecule has 0 saturated carbocycles. The predicted octanol–water partition coefficient (Wildman–Crippen LogP) is 4.84. The lowest BCUT2D eigenvalue weighted by molar-refractivity contribution is -0.385. The number of hydrogen-bond acceptors (Lipinski definition) is 8. The van der Waals surface area contributed by atoms with Gasteiger partial charge in [-0.15, -0.1) is 0 Å². The van der Waals surface area contributed by atoms with Gasteiger partial charge in [-0.3, -0.25) is 24.9 Å². The van der Waals surface area contributed by atoms with Gasteiger partial charge < -0.3 is 14.4 Å². The van der Waals surface area contributed by atoms with Crippen LogP contribution in [0.5, 0.6) is 11.5 Å². The van der Waals surface area contributed by atoms with Gasteiger partial charge in [0.05, 0.1) is 49.7 Å². The van der Waals surface area contributed by atoms with Crippen molar-refractivity contribution >= 4 is 17.2 Å². The SMILES string of the molecule is COc1cc(C(=O)c2ccc(N(Cc3ccccn3)Cc3ccccn3)cc2)c([N+](=O)[O-])cc1OC. The van der Waals surface area contributed by atoms with Crippen LogP contribution in [0.4, 0.5) is 11.4 Å². The number of aromatic nitrogens is 2. The Morgan fingerprint density at radius 3 is 1.89 bits per heavy atom. The Kier molecular flexibility index (Phi) is 7.50. The molecule has 0 saturated heterocycles. The van der Waals surface area contributed by atoms with Gasteiger partial charge >= 0.3 is 0 Å². The third-order valence-electron chi connectivity index (χ3n) is 5.60. The Hall–Kier alpha value is -4.79. The van der Waals surface area contributed by atoms with Crippen molar-refractivity contribution in [1.29, 1.82) is 0 Å². The summed E-state index contributed by atoms with van der Waals surface area (Å²) in [6.45, 7) is 1.07. The van der Waals surface area contributed by atoms with Gasteiger partial charge in [0.2, 0.25) is 0 Å². The van der Waals surface area contributed by atoms with Crippen molar-refractivity contribution in [3.05, 3.63) is 118 Å². The summed E-state index contributed by atoms with van der Waals surface area (Å²) in [5, 5.41) is 11.7. The maximum atomic E-state index is 13.3. The van der Waals surface area contributed by atoms with Crippen LogP contribution in [0.3, 0.4) is 0 Å². The van der Waals surface area contributed by atoms with Crippen LogP contribution in [-0.4, -0.2) is 34.9 Å². The fourth-order valence-electron chi connectivity index (χ4n) is 3.79. The van der Waals surface area contributed by atoms with E-state index in [9.17, 15) is 14.9 Å². The number of nitro groups is 1. The van der Waals surface area contributed by atoms with Crippen molar-refractivity contribution in [1.82, 2.24) is 9.97 Å². The Morgan fingerprint density at radius 1 is 0.861 bits per heavy atom. The number of anilines is 1. The average Bonchev–Trinajstić information content (AvgIpc) is 2.92. The monoisotopic (exact) mass is 484 g/mol. The Labute approximate surface area is 208 Å². The zero-order valence-electron chi connectivity index (χ0n) is 19.8. The van der Waals surface area contributed by atoms with Crippen LogP contribution < -0.4 is 14.4 Å². The lowest BCUT2D eigenvalue weighted by Gasteiger charge is -2.24. The first-order valence-corrected chi connectivity index (χ1v) is 11.1. The van der Waals surface area contributed by atoms with Crippen LogP contribution in [0, 0.1) is 10.1 Å². The number of nitrogens with zero attached hydrogens (tertiary/aromatic N) is 4. The molecule has 9 heteroatoms. The highest BCUT2D eigenvalue weighted by Gasteiger charge is 2.25. The van der Waals surface area contributed by atoms with E-state index in [1.807, 2.05) is 48.5 Å². The number of carbonyl (C=O) groups excluding carboxylic acids is 1. The van der Waals surface area contributed by atoms with Gasteiger partial charge in [-0.1, -0.05) is 12.1 Å². The first-order valence-electron chi connectivity index (χ1n) is 11.1. The summed E-state index contributed by atoms with van der Waals surface area (Å²) in [4.78, 5) is 35.3. The quantitative estimate of drug-likeness (QED) is 0.179. The molecule has 2 aromatic carbocycles. The first-order chi connectivity index (χ1) is 17.5. The molecule has 36 heavy (non-hydrogen) atoms. The molecular weight excluding hydrogens is 460 g/mol. The van der Waals surface area contributed by atoms with Gasteiger partial charge in [-0.05, 0) is 48.5 Å². The minimum absolute atomic E-state index is 0.0794. The van der Waals surface area contributed by atoms with Gasteiger partial charge in [-0.25, -0.2) is 0 Å². The average molecular weight is 485 g/mol. The molecule has 0 spiro atoms. The van der Waals surface area contributed by atoms with Gasteiger partial charge in [0.15, 0.2) is 17.3 Å². The van der Waals surface area contributed by atoms with Crippen LogP contribution in [-0.2, 0) is 13.1 Å². The first kappa shape index (κ1) is 24.3. The summed E-state index contributed by atoms with van der Waals surface area (Å²) in [5.74, 6) is -0.0778. The maximum absolute atomic E-state index is 13.3. The molecule has 2 heterocycles. The molecule has 0 atom stereocenters. The summed E-state index contributed by atoms with van der Waals surface area (Å²) in [5.41, 5.74) is 2.50. The highest BCUT2D eigenvalue weighted by Crippen LogP contribution is 2.35. The normalized spacial score (nSPS) is 10.5. The van der Waals surface area contributed by atoms with E-state index in [0.29, 0.717) is 18.7 Å². The van der Waals surface area contributed by atoms with Crippen molar-refractivity contribution in [2.75, 3.05) is 19.1 Å². The molecular formula is C27H24N4O5. The number of rotatable bonds is 10. The molecule has 0 fully saturated rings. The minimum Gasteiger partial charge on any atom is -0.493 e. The van der Waals surface area contributed by atoms with Gasteiger partial charge in [0.25, 0.3) is 5.69 Å². The highest BCUT2D eigenvalue weighted by atomic mass is 16.6. The molecule has 0 bridgehead atoms. The molecule has 0 aliphatic heterocycles. The van der Waals surface area contributed by atoms with Gasteiger partial charge in [0, 0.05) is 29.7 Å². The molecule has 0 radical (unpaired) electrons. The third kappa shape index (κ3) is 5.47. The number of carbonyl (C=O) groups is 1. The number of nitro benzene ring substituents is 1. The molecule has 2 aromatic heterocycles. The summed E-state index contributed by atoms with van der Waals surface area (Å²) >= 11 is 0. The largest absolute Gasteiger partial charge is 0.493 e. The summed E-state index contributed by atoms with van der Waals surface area (Å²) in [6.07, 6.45) is 3.48. The molecule has 0 N–H and O–H groups in total. The van der Waals surface area contributed by atoms with Crippen molar-refractivity contribution in [2.45, 2.75) is 13.1 Å².